The van der Waals surface area contributed by atoms with Gasteiger partial charge in [-0.25, -0.2) is 0 Å². The molecule has 1 aliphatic carbocycles. The second-order valence-electron chi connectivity index (χ2n) is 3.72. The first-order valence-corrected chi connectivity index (χ1v) is 5.18. The molecule has 0 aliphatic heterocycles. The molecule has 0 amide bonds. The lowest BCUT2D eigenvalue weighted by Gasteiger charge is -2.32. The summed E-state index contributed by atoms with van der Waals surface area (Å²) < 4.78 is 0. The summed E-state index contributed by atoms with van der Waals surface area (Å²) >= 11 is 0. The molecule has 1 heteroatoms. The Morgan fingerprint density at radius 1 is 1.08 bits per heavy atom. The van der Waals surface area contributed by atoms with Crippen molar-refractivity contribution in [3.05, 3.63) is 0 Å². The van der Waals surface area contributed by atoms with E-state index in [0.717, 1.165) is 5.41 Å². The molecule has 78 valence electrons. The molecule has 0 radical (unpaired) electrons. The quantitative estimate of drug-likeness (QED) is 0.621. The van der Waals surface area contributed by atoms with Gasteiger partial charge in [0.1, 0.15) is 0 Å². The van der Waals surface area contributed by atoms with Crippen LogP contribution >= 0.6 is 0 Å². The highest BCUT2D eigenvalue weighted by molar-refractivity contribution is 4.76. The van der Waals surface area contributed by atoms with E-state index in [-0.39, 0.29) is 0 Å². The molecule has 1 saturated carbocycles. The zero-order chi connectivity index (χ0) is 10.7. The second-order valence-corrected chi connectivity index (χ2v) is 3.72. The van der Waals surface area contributed by atoms with Crippen molar-refractivity contribution >= 4 is 0 Å². The molecule has 13 heavy (non-hydrogen) atoms. The minimum absolute atomic E-state index is 0.720. The number of hydrogen-bond acceptors (Lipinski definition) is 1. The normalized spacial score (nSPS) is 18.6. The summed E-state index contributed by atoms with van der Waals surface area (Å²) in [6.45, 7) is 4.76. The molecule has 0 heterocycles. The van der Waals surface area contributed by atoms with Gasteiger partial charge in [-0.05, 0) is 25.3 Å². The summed E-state index contributed by atoms with van der Waals surface area (Å²) in [5, 5.41) is 0. The molecule has 0 aromatic rings. The van der Waals surface area contributed by atoms with E-state index in [2.05, 4.69) is 32.4 Å². The van der Waals surface area contributed by atoms with Crippen LogP contribution in [0.25, 0.3) is 0 Å². The van der Waals surface area contributed by atoms with Crippen molar-refractivity contribution in [1.29, 1.82) is 0 Å². The fourth-order valence-corrected chi connectivity index (χ4v) is 1.76. The van der Waals surface area contributed by atoms with Crippen LogP contribution in [0.15, 0.2) is 0 Å². The van der Waals surface area contributed by atoms with E-state index in [0.29, 0.717) is 0 Å². The standard InChI is InChI=1S/C9H18.C2H2.CH5N/c1-3-9(2)7-5-4-6-8-9;2*1-2/h3-8H2,1-2H3;1-2H;2H2,1H3. The summed E-state index contributed by atoms with van der Waals surface area (Å²) in [7, 11) is 1.50. The molecular formula is C12H25N. The van der Waals surface area contributed by atoms with Crippen molar-refractivity contribution in [3.8, 4) is 12.8 Å². The molecule has 1 fully saturated rings. The first-order chi connectivity index (χ1) is 6.27. The number of rotatable bonds is 1. The van der Waals surface area contributed by atoms with Crippen LogP contribution in [0.1, 0.15) is 52.4 Å². The predicted molar refractivity (Wildman–Crippen MR) is 61.5 cm³/mol. The van der Waals surface area contributed by atoms with Crippen molar-refractivity contribution in [3.63, 3.8) is 0 Å². The van der Waals surface area contributed by atoms with E-state index in [9.17, 15) is 0 Å². The predicted octanol–water partition coefficient (Wildman–Crippen LogP) is 3.19. The monoisotopic (exact) mass is 183 g/mol. The highest BCUT2D eigenvalue weighted by Gasteiger charge is 2.23. The SMILES string of the molecule is C#C.CCC1(C)CCCCC1.CN. The third-order valence-electron chi connectivity index (χ3n) is 2.91. The Hall–Kier alpha value is -0.480. The summed E-state index contributed by atoms with van der Waals surface area (Å²) in [4.78, 5) is 0. The van der Waals surface area contributed by atoms with Crippen LogP contribution in [-0.4, -0.2) is 7.05 Å². The fraction of sp³-hybridized carbons (Fsp3) is 0.833. The number of nitrogens with two attached hydrogens (primary N) is 1. The Labute approximate surface area is 84.1 Å². The van der Waals surface area contributed by atoms with Gasteiger partial charge >= 0.3 is 0 Å². The Bertz CT molecular complexity index is 110. The van der Waals surface area contributed by atoms with Crippen molar-refractivity contribution in [2.24, 2.45) is 11.1 Å². The van der Waals surface area contributed by atoms with E-state index in [1.54, 1.807) is 0 Å². The molecule has 0 saturated heterocycles. The van der Waals surface area contributed by atoms with E-state index in [1.165, 1.54) is 45.6 Å². The first-order valence-electron chi connectivity index (χ1n) is 5.18. The average molecular weight is 183 g/mol. The lowest BCUT2D eigenvalue weighted by Crippen LogP contribution is -2.18. The molecule has 1 nitrogen and oxygen atoms in total. The molecule has 0 atom stereocenters. The highest BCUT2D eigenvalue weighted by atomic mass is 14.4. The summed E-state index contributed by atoms with van der Waals surface area (Å²) in [5.74, 6) is 0. The molecule has 1 rings (SSSR count). The van der Waals surface area contributed by atoms with Crippen molar-refractivity contribution < 1.29 is 0 Å². The van der Waals surface area contributed by atoms with Crippen LogP contribution < -0.4 is 5.73 Å². The molecular weight excluding hydrogens is 158 g/mol. The van der Waals surface area contributed by atoms with Crippen LogP contribution in [-0.2, 0) is 0 Å². The minimum Gasteiger partial charge on any atom is -0.333 e. The van der Waals surface area contributed by atoms with E-state index in [4.69, 9.17) is 0 Å². The first kappa shape index (κ1) is 15.0. The lowest BCUT2D eigenvalue weighted by molar-refractivity contribution is 0.208. The zero-order valence-electron chi connectivity index (χ0n) is 9.47. The minimum atomic E-state index is 0.720. The lowest BCUT2D eigenvalue weighted by atomic mass is 9.74. The van der Waals surface area contributed by atoms with Gasteiger partial charge in [-0.15, -0.1) is 12.8 Å². The van der Waals surface area contributed by atoms with Crippen LogP contribution in [0.5, 0.6) is 0 Å². The topological polar surface area (TPSA) is 26.0 Å². The maximum absolute atomic E-state index is 4.50. The maximum Gasteiger partial charge on any atom is -0.0195 e. The average Bonchev–Trinajstić information content (AvgIpc) is 2.25. The van der Waals surface area contributed by atoms with Gasteiger partial charge in [0.15, 0.2) is 0 Å². The van der Waals surface area contributed by atoms with Crippen molar-refractivity contribution in [2.45, 2.75) is 52.4 Å². The Morgan fingerprint density at radius 2 is 1.46 bits per heavy atom. The summed E-state index contributed by atoms with van der Waals surface area (Å²) in [5.41, 5.74) is 5.22. The van der Waals surface area contributed by atoms with Crippen LogP contribution in [0, 0.1) is 18.3 Å². The fourth-order valence-electron chi connectivity index (χ4n) is 1.76. The smallest absolute Gasteiger partial charge is 0.0195 e. The summed E-state index contributed by atoms with van der Waals surface area (Å²) in [6, 6.07) is 0. The van der Waals surface area contributed by atoms with Gasteiger partial charge in [-0.2, -0.15) is 0 Å². The van der Waals surface area contributed by atoms with E-state index >= 15 is 0 Å². The van der Waals surface area contributed by atoms with Gasteiger partial charge in [-0.1, -0.05) is 39.5 Å². The highest BCUT2D eigenvalue weighted by Crippen LogP contribution is 2.37. The van der Waals surface area contributed by atoms with E-state index < -0.39 is 0 Å². The van der Waals surface area contributed by atoms with Crippen LogP contribution in [0.4, 0.5) is 0 Å². The Kier molecular flexibility index (Phi) is 11.1. The third kappa shape index (κ3) is 6.66. The van der Waals surface area contributed by atoms with Crippen LogP contribution in [0.2, 0.25) is 0 Å². The molecule has 0 aromatic heterocycles. The molecule has 2 N–H and O–H groups in total. The number of terminal acetylenes is 1. The van der Waals surface area contributed by atoms with Gasteiger partial charge in [0.2, 0.25) is 0 Å². The van der Waals surface area contributed by atoms with Crippen molar-refractivity contribution in [1.82, 2.24) is 0 Å². The van der Waals surface area contributed by atoms with Gasteiger partial charge in [0.05, 0.1) is 0 Å². The largest absolute Gasteiger partial charge is 0.333 e. The van der Waals surface area contributed by atoms with Gasteiger partial charge in [0, 0.05) is 0 Å². The molecule has 0 unspecified atom stereocenters. The van der Waals surface area contributed by atoms with Crippen LogP contribution in [0.3, 0.4) is 0 Å². The zero-order valence-corrected chi connectivity index (χ0v) is 9.47. The second kappa shape index (κ2) is 9.61. The van der Waals surface area contributed by atoms with Gasteiger partial charge < -0.3 is 5.73 Å². The van der Waals surface area contributed by atoms with Crippen molar-refractivity contribution in [2.75, 3.05) is 7.05 Å². The van der Waals surface area contributed by atoms with Gasteiger partial charge in [-0.3, -0.25) is 0 Å². The number of hydrogen-bond donors (Lipinski definition) is 1. The molecule has 0 spiro atoms. The summed E-state index contributed by atoms with van der Waals surface area (Å²) in [6.07, 6.45) is 16.8. The Balaban J connectivity index is 0. The molecule has 0 aromatic carbocycles. The molecule has 0 bridgehead atoms. The Morgan fingerprint density at radius 3 is 1.69 bits per heavy atom. The third-order valence-corrected chi connectivity index (χ3v) is 2.91. The maximum atomic E-state index is 4.50. The van der Waals surface area contributed by atoms with E-state index in [1.807, 2.05) is 0 Å². The molecule has 1 aliphatic rings. The van der Waals surface area contributed by atoms with Gasteiger partial charge in [0.25, 0.3) is 0 Å².